The highest BCUT2D eigenvalue weighted by atomic mass is 16.6. The second-order valence-corrected chi connectivity index (χ2v) is 6.08. The summed E-state index contributed by atoms with van der Waals surface area (Å²) in [6.07, 6.45) is 0. The predicted molar refractivity (Wildman–Crippen MR) is 101 cm³/mol. The van der Waals surface area contributed by atoms with Crippen LogP contribution < -0.4 is 10.6 Å². The van der Waals surface area contributed by atoms with Crippen molar-refractivity contribution in [2.75, 3.05) is 11.9 Å². The van der Waals surface area contributed by atoms with Crippen LogP contribution in [0.1, 0.15) is 27.0 Å². The van der Waals surface area contributed by atoms with Crippen molar-refractivity contribution in [1.82, 2.24) is 5.32 Å². The first-order valence-electron chi connectivity index (χ1n) is 8.28. The maximum Gasteiger partial charge on any atom is 0.338 e. The summed E-state index contributed by atoms with van der Waals surface area (Å²) in [5.41, 5.74) is 2.48. The third kappa shape index (κ3) is 5.13. The van der Waals surface area contributed by atoms with Gasteiger partial charge in [-0.1, -0.05) is 18.2 Å². The second-order valence-electron chi connectivity index (χ2n) is 6.08. The maximum atomic E-state index is 12.0. The lowest BCUT2D eigenvalue weighted by molar-refractivity contribution is -0.385. The molecule has 0 aliphatic heterocycles. The molecule has 0 aliphatic rings. The van der Waals surface area contributed by atoms with Gasteiger partial charge in [-0.25, -0.2) is 9.59 Å². The molecule has 28 heavy (non-hydrogen) atoms. The Morgan fingerprint density at radius 1 is 1.07 bits per heavy atom. The molecule has 9 nitrogen and oxygen atoms in total. The van der Waals surface area contributed by atoms with Crippen LogP contribution in [0.3, 0.4) is 0 Å². The molecule has 9 heteroatoms. The minimum absolute atomic E-state index is 0.0649. The van der Waals surface area contributed by atoms with Crippen molar-refractivity contribution in [1.29, 1.82) is 0 Å². The van der Waals surface area contributed by atoms with Gasteiger partial charge in [-0.2, -0.15) is 0 Å². The molecule has 0 fully saturated rings. The van der Waals surface area contributed by atoms with Gasteiger partial charge in [0.05, 0.1) is 10.5 Å². The summed E-state index contributed by atoms with van der Waals surface area (Å²) >= 11 is 0. The molecule has 0 aromatic heterocycles. The van der Waals surface area contributed by atoms with E-state index in [1.165, 1.54) is 19.1 Å². The zero-order valence-electron chi connectivity index (χ0n) is 15.6. The molecule has 0 radical (unpaired) electrons. The van der Waals surface area contributed by atoms with E-state index < -0.39 is 29.4 Å². The zero-order valence-corrected chi connectivity index (χ0v) is 15.6. The minimum Gasteiger partial charge on any atom is -0.452 e. The van der Waals surface area contributed by atoms with Gasteiger partial charge in [0.2, 0.25) is 0 Å². The van der Waals surface area contributed by atoms with Crippen molar-refractivity contribution in [2.24, 2.45) is 0 Å². The highest BCUT2D eigenvalue weighted by molar-refractivity contribution is 6.02. The number of carbonyl (C=O) groups excluding carboxylic acids is 3. The van der Waals surface area contributed by atoms with Crippen LogP contribution in [0.2, 0.25) is 0 Å². The highest BCUT2D eigenvalue weighted by Crippen LogP contribution is 2.20. The van der Waals surface area contributed by atoms with E-state index in [0.29, 0.717) is 11.3 Å². The van der Waals surface area contributed by atoms with Gasteiger partial charge in [-0.05, 0) is 44.0 Å². The standard InChI is InChI=1S/C19H19N3O6/c1-11-5-4-6-15(13(11)3)20-19(25)21-17(23)10-28-18(24)14-8-7-12(2)16(9-14)22(26)27/h4-9H,10H2,1-3H3,(H2,20,21,23,25). The minimum atomic E-state index is -0.909. The Balaban J connectivity index is 1.90. The van der Waals surface area contributed by atoms with E-state index in [4.69, 9.17) is 4.74 Å². The monoisotopic (exact) mass is 385 g/mol. The number of urea groups is 1. The summed E-state index contributed by atoms with van der Waals surface area (Å²) in [6, 6.07) is 8.42. The number of hydrogen-bond acceptors (Lipinski definition) is 6. The molecule has 0 atom stereocenters. The Morgan fingerprint density at radius 2 is 1.79 bits per heavy atom. The Morgan fingerprint density at radius 3 is 2.46 bits per heavy atom. The lowest BCUT2D eigenvalue weighted by Gasteiger charge is -2.11. The maximum absolute atomic E-state index is 12.0. The first-order chi connectivity index (χ1) is 13.2. The number of aryl methyl sites for hydroxylation is 2. The Labute approximate surface area is 160 Å². The van der Waals surface area contributed by atoms with Gasteiger partial charge in [0, 0.05) is 17.3 Å². The number of ether oxygens (including phenoxy) is 1. The van der Waals surface area contributed by atoms with E-state index in [9.17, 15) is 24.5 Å². The lowest BCUT2D eigenvalue weighted by atomic mass is 10.1. The van der Waals surface area contributed by atoms with Crippen molar-refractivity contribution in [3.05, 3.63) is 68.8 Å². The Kier molecular flexibility index (Phi) is 6.43. The molecule has 0 aliphatic carbocycles. The number of nitro benzene ring substituents is 1. The molecule has 2 aromatic carbocycles. The van der Waals surface area contributed by atoms with Crippen LogP contribution in [0.5, 0.6) is 0 Å². The average Bonchev–Trinajstić information content (AvgIpc) is 2.63. The Hall–Kier alpha value is -3.75. The van der Waals surface area contributed by atoms with E-state index in [1.54, 1.807) is 12.1 Å². The topological polar surface area (TPSA) is 128 Å². The van der Waals surface area contributed by atoms with Crippen LogP contribution in [0.4, 0.5) is 16.2 Å². The number of nitrogens with zero attached hydrogens (tertiary/aromatic N) is 1. The van der Waals surface area contributed by atoms with Gasteiger partial charge in [0.25, 0.3) is 11.6 Å². The molecule has 0 bridgehead atoms. The number of imide groups is 1. The molecule has 0 saturated heterocycles. The van der Waals surface area contributed by atoms with Crippen LogP contribution >= 0.6 is 0 Å². The summed E-state index contributed by atoms with van der Waals surface area (Å²) in [4.78, 5) is 46.0. The largest absolute Gasteiger partial charge is 0.452 e. The Bertz CT molecular complexity index is 955. The number of benzene rings is 2. The van der Waals surface area contributed by atoms with Gasteiger partial charge in [-0.3, -0.25) is 20.2 Å². The summed E-state index contributed by atoms with van der Waals surface area (Å²) in [5.74, 6) is -1.74. The van der Waals surface area contributed by atoms with Crippen LogP contribution in [-0.4, -0.2) is 29.4 Å². The molecule has 0 spiro atoms. The molecule has 0 saturated carbocycles. The number of nitro groups is 1. The number of nitrogens with one attached hydrogen (secondary N) is 2. The first-order valence-corrected chi connectivity index (χ1v) is 8.28. The fourth-order valence-electron chi connectivity index (χ4n) is 2.35. The summed E-state index contributed by atoms with van der Waals surface area (Å²) in [5, 5.41) is 15.5. The molecule has 2 rings (SSSR count). The number of rotatable bonds is 5. The van der Waals surface area contributed by atoms with Gasteiger partial charge in [0.15, 0.2) is 6.61 Å². The molecule has 0 unspecified atom stereocenters. The smallest absolute Gasteiger partial charge is 0.338 e. The van der Waals surface area contributed by atoms with Crippen molar-refractivity contribution >= 4 is 29.3 Å². The fourth-order valence-corrected chi connectivity index (χ4v) is 2.35. The van der Waals surface area contributed by atoms with Crippen molar-refractivity contribution < 1.29 is 24.0 Å². The second kappa shape index (κ2) is 8.76. The van der Waals surface area contributed by atoms with E-state index in [0.717, 1.165) is 17.2 Å². The summed E-state index contributed by atoms with van der Waals surface area (Å²) in [7, 11) is 0. The molecule has 2 aromatic rings. The van der Waals surface area contributed by atoms with E-state index in [-0.39, 0.29) is 11.3 Å². The van der Waals surface area contributed by atoms with E-state index in [1.807, 2.05) is 25.2 Å². The highest BCUT2D eigenvalue weighted by Gasteiger charge is 2.17. The van der Waals surface area contributed by atoms with Crippen LogP contribution in [0, 0.1) is 30.9 Å². The normalized spacial score (nSPS) is 10.1. The molecule has 3 amide bonds. The van der Waals surface area contributed by atoms with Gasteiger partial charge < -0.3 is 10.1 Å². The van der Waals surface area contributed by atoms with E-state index in [2.05, 4.69) is 5.32 Å². The predicted octanol–water partition coefficient (Wildman–Crippen LogP) is 3.03. The molecular formula is C19H19N3O6. The first kappa shape index (κ1) is 20.6. The number of esters is 1. The third-order valence-corrected chi connectivity index (χ3v) is 4.08. The number of anilines is 1. The van der Waals surface area contributed by atoms with E-state index >= 15 is 0 Å². The zero-order chi connectivity index (χ0) is 20.8. The van der Waals surface area contributed by atoms with Crippen molar-refractivity contribution in [2.45, 2.75) is 20.8 Å². The molecule has 2 N–H and O–H groups in total. The number of carbonyl (C=O) groups is 3. The van der Waals surface area contributed by atoms with Crippen LogP contribution in [0.15, 0.2) is 36.4 Å². The van der Waals surface area contributed by atoms with Crippen LogP contribution in [0.25, 0.3) is 0 Å². The quantitative estimate of drug-likeness (QED) is 0.463. The lowest BCUT2D eigenvalue weighted by Crippen LogP contribution is -2.37. The number of amides is 3. The van der Waals surface area contributed by atoms with Gasteiger partial charge in [-0.15, -0.1) is 0 Å². The molecular weight excluding hydrogens is 366 g/mol. The van der Waals surface area contributed by atoms with Gasteiger partial charge in [0.1, 0.15) is 0 Å². The SMILES string of the molecule is Cc1ccc(C(=O)OCC(=O)NC(=O)Nc2cccc(C)c2C)cc1[N+](=O)[O-]. The fraction of sp³-hybridized carbons (Fsp3) is 0.211. The molecule has 0 heterocycles. The van der Waals surface area contributed by atoms with Gasteiger partial charge >= 0.3 is 12.0 Å². The number of hydrogen-bond donors (Lipinski definition) is 2. The summed E-state index contributed by atoms with van der Waals surface area (Å²) < 4.78 is 4.80. The summed E-state index contributed by atoms with van der Waals surface area (Å²) in [6.45, 7) is 4.55. The third-order valence-electron chi connectivity index (χ3n) is 4.08. The van der Waals surface area contributed by atoms with Crippen molar-refractivity contribution in [3.63, 3.8) is 0 Å². The van der Waals surface area contributed by atoms with Crippen LogP contribution in [-0.2, 0) is 9.53 Å². The molecule has 146 valence electrons. The average molecular weight is 385 g/mol. The van der Waals surface area contributed by atoms with Crippen molar-refractivity contribution in [3.8, 4) is 0 Å².